The monoisotopic (exact) mass is 479 g/mol. The molecule has 1 aromatic carbocycles. The molecule has 0 aliphatic carbocycles. The molecule has 0 amide bonds. The average molecular weight is 480 g/mol. The van der Waals surface area contributed by atoms with Gasteiger partial charge in [0.15, 0.2) is 5.96 Å². The zero-order valence-corrected chi connectivity index (χ0v) is 17.7. The van der Waals surface area contributed by atoms with E-state index in [9.17, 15) is 5.11 Å². The third-order valence-corrected chi connectivity index (χ3v) is 4.66. The number of nitrogens with one attached hydrogen (secondary N) is 2. The number of rotatable bonds is 6. The molecule has 4 nitrogen and oxygen atoms in total. The molecule has 1 heterocycles. The topological polar surface area (TPSA) is 56.7 Å². The smallest absolute Gasteiger partial charge is 0.191 e. The first-order chi connectivity index (χ1) is 11.0. The van der Waals surface area contributed by atoms with Crippen molar-refractivity contribution in [1.82, 2.24) is 10.6 Å². The first-order valence-electron chi connectivity index (χ1n) is 7.54. The minimum absolute atomic E-state index is 0. The van der Waals surface area contributed by atoms with E-state index in [0.29, 0.717) is 24.1 Å². The van der Waals surface area contributed by atoms with E-state index in [0.717, 1.165) is 17.0 Å². The van der Waals surface area contributed by atoms with Gasteiger partial charge in [0.05, 0.1) is 13.1 Å². The van der Waals surface area contributed by atoms with Gasteiger partial charge in [-0.15, -0.1) is 35.3 Å². The molecule has 0 aliphatic heterocycles. The van der Waals surface area contributed by atoms with Gasteiger partial charge in [0.25, 0.3) is 0 Å². The lowest BCUT2D eigenvalue weighted by Gasteiger charge is -2.23. The highest BCUT2D eigenvalue weighted by Crippen LogP contribution is 2.24. The molecule has 24 heavy (non-hydrogen) atoms. The van der Waals surface area contributed by atoms with Crippen molar-refractivity contribution in [3.8, 4) is 0 Å². The lowest BCUT2D eigenvalue weighted by atomic mass is 10.1. The van der Waals surface area contributed by atoms with Crippen molar-refractivity contribution in [2.24, 2.45) is 4.99 Å². The molecule has 0 radical (unpaired) electrons. The van der Waals surface area contributed by atoms with Gasteiger partial charge in [-0.05, 0) is 43.0 Å². The fourth-order valence-corrected chi connectivity index (χ4v) is 3.08. The minimum Gasteiger partial charge on any atom is -0.383 e. The second-order valence-electron chi connectivity index (χ2n) is 5.43. The first-order valence-corrected chi connectivity index (χ1v) is 8.80. The zero-order chi connectivity index (χ0) is 16.7. The van der Waals surface area contributed by atoms with E-state index in [2.05, 4.69) is 15.6 Å². The highest BCUT2D eigenvalue weighted by atomic mass is 127. The number of hydrogen-bond donors (Lipinski definition) is 3. The van der Waals surface area contributed by atoms with Crippen molar-refractivity contribution in [1.29, 1.82) is 0 Å². The van der Waals surface area contributed by atoms with Crippen molar-refractivity contribution < 1.29 is 5.11 Å². The molecule has 1 unspecified atom stereocenters. The van der Waals surface area contributed by atoms with E-state index in [-0.39, 0.29) is 24.0 Å². The fourth-order valence-electron chi connectivity index (χ4n) is 2.08. The second kappa shape index (κ2) is 10.2. The normalized spacial score (nSPS) is 13.8. The van der Waals surface area contributed by atoms with Crippen LogP contribution in [0, 0.1) is 0 Å². The van der Waals surface area contributed by atoms with Crippen LogP contribution in [0.5, 0.6) is 0 Å². The molecule has 132 valence electrons. The fraction of sp³-hybridized carbons (Fsp3) is 0.353. The molecule has 0 saturated heterocycles. The van der Waals surface area contributed by atoms with Crippen LogP contribution in [0.3, 0.4) is 0 Å². The van der Waals surface area contributed by atoms with E-state index in [1.165, 1.54) is 0 Å². The SMILES string of the molecule is CCNC(=NCc1cccc(Cl)c1)NCC(C)(O)c1cccs1.I. The van der Waals surface area contributed by atoms with Gasteiger partial charge >= 0.3 is 0 Å². The van der Waals surface area contributed by atoms with E-state index in [1.807, 2.05) is 48.7 Å². The molecular weight excluding hydrogens is 457 g/mol. The Bertz CT molecular complexity index is 647. The molecule has 0 saturated carbocycles. The lowest BCUT2D eigenvalue weighted by molar-refractivity contribution is 0.0655. The van der Waals surface area contributed by atoms with E-state index < -0.39 is 5.60 Å². The van der Waals surface area contributed by atoms with E-state index in [1.54, 1.807) is 18.3 Å². The molecule has 0 fully saturated rings. The maximum absolute atomic E-state index is 10.6. The van der Waals surface area contributed by atoms with Gasteiger partial charge in [0, 0.05) is 16.4 Å². The summed E-state index contributed by atoms with van der Waals surface area (Å²) in [6.45, 7) is 5.47. The highest BCUT2D eigenvalue weighted by Gasteiger charge is 2.24. The minimum atomic E-state index is -0.930. The summed E-state index contributed by atoms with van der Waals surface area (Å²) in [5.74, 6) is 0.671. The summed E-state index contributed by atoms with van der Waals surface area (Å²) in [7, 11) is 0. The van der Waals surface area contributed by atoms with Crippen LogP contribution < -0.4 is 10.6 Å². The van der Waals surface area contributed by atoms with Crippen LogP contribution in [0.1, 0.15) is 24.3 Å². The van der Waals surface area contributed by atoms with Crippen LogP contribution in [0.25, 0.3) is 0 Å². The molecule has 1 atom stereocenters. The Kier molecular flexibility index (Phi) is 9.04. The summed E-state index contributed by atoms with van der Waals surface area (Å²) in [5.41, 5.74) is 0.111. The Labute approximate surface area is 169 Å². The predicted molar refractivity (Wildman–Crippen MR) is 114 cm³/mol. The van der Waals surface area contributed by atoms with E-state index in [4.69, 9.17) is 11.6 Å². The first kappa shape index (κ1) is 21.2. The maximum atomic E-state index is 10.6. The molecular formula is C17H23ClIN3OS. The van der Waals surface area contributed by atoms with Gasteiger partial charge in [0.2, 0.25) is 0 Å². The number of benzene rings is 1. The summed E-state index contributed by atoms with van der Waals surface area (Å²) in [6.07, 6.45) is 0. The van der Waals surface area contributed by atoms with Crippen molar-refractivity contribution >= 4 is 52.9 Å². The number of thiophene rings is 1. The van der Waals surface area contributed by atoms with Crippen LogP contribution in [0.15, 0.2) is 46.8 Å². The van der Waals surface area contributed by atoms with Crippen LogP contribution in [-0.4, -0.2) is 24.2 Å². The van der Waals surface area contributed by atoms with Crippen molar-refractivity contribution in [2.45, 2.75) is 26.0 Å². The Hall–Kier alpha value is -0.830. The number of nitrogens with zero attached hydrogens (tertiary/aromatic N) is 1. The predicted octanol–water partition coefficient (Wildman–Crippen LogP) is 3.98. The quantitative estimate of drug-likeness (QED) is 0.334. The summed E-state index contributed by atoms with van der Waals surface area (Å²) in [4.78, 5) is 5.46. The Balaban J connectivity index is 0.00000288. The van der Waals surface area contributed by atoms with Crippen molar-refractivity contribution in [2.75, 3.05) is 13.1 Å². The molecule has 3 N–H and O–H groups in total. The number of halogens is 2. The molecule has 2 aromatic rings. The molecule has 7 heteroatoms. The van der Waals surface area contributed by atoms with Crippen LogP contribution in [0.2, 0.25) is 5.02 Å². The number of hydrogen-bond acceptors (Lipinski definition) is 3. The lowest BCUT2D eigenvalue weighted by Crippen LogP contribution is -2.44. The highest BCUT2D eigenvalue weighted by molar-refractivity contribution is 14.0. The van der Waals surface area contributed by atoms with Gasteiger partial charge in [-0.1, -0.05) is 29.8 Å². The summed E-state index contributed by atoms with van der Waals surface area (Å²) >= 11 is 7.53. The summed E-state index contributed by atoms with van der Waals surface area (Å²) in [6, 6.07) is 11.5. The van der Waals surface area contributed by atoms with Crippen LogP contribution in [-0.2, 0) is 12.1 Å². The average Bonchev–Trinajstić information content (AvgIpc) is 3.05. The number of aliphatic imine (C=N–C) groups is 1. The Morgan fingerprint density at radius 3 is 2.71 bits per heavy atom. The molecule has 1 aromatic heterocycles. The van der Waals surface area contributed by atoms with Gasteiger partial charge in [-0.3, -0.25) is 0 Å². The van der Waals surface area contributed by atoms with E-state index >= 15 is 0 Å². The van der Waals surface area contributed by atoms with Gasteiger partial charge in [0.1, 0.15) is 5.60 Å². The van der Waals surface area contributed by atoms with Gasteiger partial charge in [-0.25, -0.2) is 4.99 Å². The maximum Gasteiger partial charge on any atom is 0.191 e. The number of aliphatic hydroxyl groups is 1. The standard InChI is InChI=1S/C17H22ClN3OS.HI/c1-3-19-16(20-11-13-6-4-7-14(18)10-13)21-12-17(2,22)15-8-5-9-23-15;/h4-10,22H,3,11-12H2,1-2H3,(H2,19,20,21);1H. The van der Waals surface area contributed by atoms with Gasteiger partial charge < -0.3 is 15.7 Å². The van der Waals surface area contributed by atoms with Gasteiger partial charge in [-0.2, -0.15) is 0 Å². The summed E-state index contributed by atoms with van der Waals surface area (Å²) in [5, 5.41) is 19.6. The van der Waals surface area contributed by atoms with Crippen LogP contribution in [0.4, 0.5) is 0 Å². The van der Waals surface area contributed by atoms with Crippen molar-refractivity contribution in [3.05, 3.63) is 57.2 Å². The number of guanidine groups is 1. The molecule has 2 rings (SSSR count). The Morgan fingerprint density at radius 2 is 2.08 bits per heavy atom. The Morgan fingerprint density at radius 1 is 1.29 bits per heavy atom. The molecule has 0 bridgehead atoms. The van der Waals surface area contributed by atoms with Crippen LogP contribution >= 0.6 is 46.9 Å². The molecule has 0 spiro atoms. The third-order valence-electron chi connectivity index (χ3n) is 3.31. The second-order valence-corrected chi connectivity index (χ2v) is 6.81. The third kappa shape index (κ3) is 6.58. The largest absolute Gasteiger partial charge is 0.383 e. The zero-order valence-electron chi connectivity index (χ0n) is 13.8. The molecule has 0 aliphatic rings. The van der Waals surface area contributed by atoms with Crippen molar-refractivity contribution in [3.63, 3.8) is 0 Å². The summed E-state index contributed by atoms with van der Waals surface area (Å²) < 4.78 is 0.